The fourth-order valence-corrected chi connectivity index (χ4v) is 7.42. The van der Waals surface area contributed by atoms with Crippen LogP contribution in [0, 0.1) is 0 Å². The van der Waals surface area contributed by atoms with Crippen molar-refractivity contribution >= 4 is 33.4 Å². The summed E-state index contributed by atoms with van der Waals surface area (Å²) < 4.78 is 25.8. The van der Waals surface area contributed by atoms with Crippen molar-refractivity contribution in [1.29, 1.82) is 0 Å². The van der Waals surface area contributed by atoms with Gasteiger partial charge in [0.05, 0.1) is 6.61 Å². The molecule has 304 valence electrons. The number of ether oxygens (including phenoxy) is 4. The van der Waals surface area contributed by atoms with Gasteiger partial charge in [0.15, 0.2) is 23.1 Å². The second kappa shape index (κ2) is 20.4. The van der Waals surface area contributed by atoms with Crippen molar-refractivity contribution in [1.82, 2.24) is 5.32 Å². The summed E-state index contributed by atoms with van der Waals surface area (Å²) in [7, 11) is 0. The highest BCUT2D eigenvalue weighted by molar-refractivity contribution is 9.10. The Morgan fingerprint density at radius 2 is 1.47 bits per heavy atom. The van der Waals surface area contributed by atoms with Crippen molar-refractivity contribution in [3.8, 4) is 17.2 Å². The van der Waals surface area contributed by atoms with Crippen molar-refractivity contribution in [3.05, 3.63) is 200 Å². The fourth-order valence-electron chi connectivity index (χ4n) is 6.93. The first kappa shape index (κ1) is 41.6. The highest BCUT2D eigenvalue weighted by atomic mass is 79.9. The molecule has 11 nitrogen and oxygen atoms in total. The Morgan fingerprint density at radius 3 is 2.17 bits per heavy atom. The van der Waals surface area contributed by atoms with Crippen molar-refractivity contribution in [2.45, 2.75) is 44.1 Å². The minimum atomic E-state index is -1.53. The number of hydrogen-bond donors (Lipinski definition) is 2. The van der Waals surface area contributed by atoms with E-state index in [9.17, 15) is 10.6 Å². The molecule has 0 aliphatic carbocycles. The Morgan fingerprint density at radius 1 is 0.800 bits per heavy atom. The Balaban J connectivity index is 1.19. The van der Waals surface area contributed by atoms with Gasteiger partial charge in [-0.1, -0.05) is 130 Å². The van der Waals surface area contributed by atoms with Gasteiger partial charge < -0.3 is 29.4 Å². The van der Waals surface area contributed by atoms with E-state index in [0.29, 0.717) is 66.7 Å². The van der Waals surface area contributed by atoms with E-state index in [1.54, 1.807) is 24.3 Å². The van der Waals surface area contributed by atoms with Crippen molar-refractivity contribution in [2.24, 2.45) is 10.1 Å². The van der Waals surface area contributed by atoms with Gasteiger partial charge in [-0.25, -0.2) is 4.99 Å². The van der Waals surface area contributed by atoms with E-state index in [0.717, 1.165) is 26.7 Å². The zero-order valence-electron chi connectivity index (χ0n) is 32.8. The van der Waals surface area contributed by atoms with Crippen molar-refractivity contribution in [2.75, 3.05) is 19.8 Å². The van der Waals surface area contributed by atoms with Gasteiger partial charge in [0.2, 0.25) is 5.90 Å². The summed E-state index contributed by atoms with van der Waals surface area (Å²) in [6, 6.07) is 47.8. The van der Waals surface area contributed by atoms with Gasteiger partial charge in [-0.2, -0.15) is 0 Å². The molecule has 0 fully saturated rings. The average Bonchev–Trinajstić information content (AvgIpc) is 3.67. The minimum Gasteiger partial charge on any atom is -0.494 e. The summed E-state index contributed by atoms with van der Waals surface area (Å²) in [5.74, 6) is 1.76. The highest BCUT2D eigenvalue weighted by Gasteiger charge is 2.54. The van der Waals surface area contributed by atoms with E-state index in [1.165, 1.54) is 0 Å². The van der Waals surface area contributed by atoms with Gasteiger partial charge in [-0.3, -0.25) is 4.79 Å². The molecule has 6 aromatic rings. The number of hydrogen-bond acceptors (Lipinski definition) is 8. The number of aliphatic hydroxyl groups excluding tert-OH is 1. The van der Waals surface area contributed by atoms with Gasteiger partial charge in [0.25, 0.3) is 5.91 Å². The van der Waals surface area contributed by atoms with Crippen LogP contribution in [-0.2, 0) is 35.6 Å². The van der Waals surface area contributed by atoms with Crippen molar-refractivity contribution in [3.63, 3.8) is 0 Å². The van der Waals surface area contributed by atoms with Crippen LogP contribution in [0.4, 0.5) is 5.69 Å². The number of amides is 1. The third kappa shape index (κ3) is 10.3. The third-order valence-corrected chi connectivity index (χ3v) is 10.7. The molecular weight excluding hydrogens is 822 g/mol. The normalized spacial score (nSPS) is 15.6. The Labute approximate surface area is 357 Å². The third-order valence-electron chi connectivity index (χ3n) is 10.0. The summed E-state index contributed by atoms with van der Waals surface area (Å²) >= 11 is 3.71. The lowest BCUT2D eigenvalue weighted by molar-refractivity contribution is -0.128. The second-order valence-electron chi connectivity index (χ2n) is 14.1. The number of aliphatic imine (C=N–C) groups is 1. The van der Waals surface area contributed by atoms with Crippen LogP contribution in [0.2, 0.25) is 0 Å². The lowest BCUT2D eigenvalue weighted by Crippen LogP contribution is -2.50. The summed E-state index contributed by atoms with van der Waals surface area (Å²) in [5.41, 5.74) is 13.3. The molecule has 0 aromatic heterocycles. The quantitative estimate of drug-likeness (QED) is 0.0359. The predicted molar refractivity (Wildman–Crippen MR) is 235 cm³/mol. The molecule has 0 bridgehead atoms. The lowest BCUT2D eigenvalue weighted by atomic mass is 9.81. The largest absolute Gasteiger partial charge is 0.494 e. The number of aliphatic hydroxyl groups is 1. The molecule has 0 saturated heterocycles. The molecule has 2 atom stereocenters. The molecule has 7 rings (SSSR count). The SMILES string of the molecule is [N-]=[N+]=Nc1ccccc1C[C@@]1(C(=O)NCCc2ccc(OCc3ccccc3)c(OCc3ccccc3)c2)N=C(c2ccc(OCCCO)cc2)O[C@@H]1c1ccccc1Br. The molecule has 0 spiro atoms. The van der Waals surface area contributed by atoms with E-state index in [4.69, 9.17) is 23.9 Å². The molecule has 2 N–H and O–H groups in total. The molecular formula is C48H44BrN5O6. The smallest absolute Gasteiger partial charge is 0.252 e. The summed E-state index contributed by atoms with van der Waals surface area (Å²) in [6.07, 6.45) is 0.183. The van der Waals surface area contributed by atoms with Crippen molar-refractivity contribution < 1.29 is 28.8 Å². The molecule has 0 saturated carbocycles. The number of halogens is 1. The zero-order valence-corrected chi connectivity index (χ0v) is 34.4. The van der Waals surface area contributed by atoms with Gasteiger partial charge in [0, 0.05) is 52.2 Å². The average molecular weight is 867 g/mol. The first-order chi connectivity index (χ1) is 29.5. The van der Waals surface area contributed by atoms with E-state index in [-0.39, 0.29) is 31.4 Å². The molecule has 1 aliphatic heterocycles. The zero-order chi connectivity index (χ0) is 41.6. The number of carbonyl (C=O) groups is 1. The fraction of sp³-hybridized carbons (Fsp3) is 0.208. The summed E-state index contributed by atoms with van der Waals surface area (Å²) in [4.78, 5) is 23.2. The van der Waals surface area contributed by atoms with Crippen LogP contribution < -0.4 is 19.5 Å². The number of nitrogens with zero attached hydrogens (tertiary/aromatic N) is 4. The van der Waals surface area contributed by atoms with Gasteiger partial charge in [0.1, 0.15) is 19.0 Å². The maximum Gasteiger partial charge on any atom is 0.252 e. The number of benzene rings is 6. The number of rotatable bonds is 19. The van der Waals surface area contributed by atoms with Crippen LogP contribution in [0.3, 0.4) is 0 Å². The molecule has 1 aliphatic rings. The lowest BCUT2D eigenvalue weighted by Gasteiger charge is -2.31. The van der Waals surface area contributed by atoms with E-state index in [1.807, 2.05) is 127 Å². The maximum absolute atomic E-state index is 15.0. The van der Waals surface area contributed by atoms with Gasteiger partial charge >= 0.3 is 0 Å². The van der Waals surface area contributed by atoms with E-state index < -0.39 is 11.6 Å². The number of nitrogens with one attached hydrogen (secondary N) is 1. The van der Waals surface area contributed by atoms with Crippen LogP contribution in [0.25, 0.3) is 10.4 Å². The van der Waals surface area contributed by atoms with E-state index >= 15 is 4.79 Å². The molecule has 60 heavy (non-hydrogen) atoms. The Kier molecular flexibility index (Phi) is 14.1. The Hall–Kier alpha value is -6.59. The summed E-state index contributed by atoms with van der Waals surface area (Å²) in [6.45, 7) is 1.42. The topological polar surface area (TPSA) is 147 Å². The van der Waals surface area contributed by atoms with Gasteiger partial charge in [-0.15, -0.1) is 0 Å². The minimum absolute atomic E-state index is 0.0345. The second-order valence-corrected chi connectivity index (χ2v) is 15.0. The predicted octanol–water partition coefficient (Wildman–Crippen LogP) is 10.2. The molecule has 12 heteroatoms. The number of carbonyl (C=O) groups excluding carboxylic acids is 1. The van der Waals surface area contributed by atoms with Crippen LogP contribution in [0.15, 0.2) is 166 Å². The molecule has 0 unspecified atom stereocenters. The molecule has 1 heterocycles. The summed E-state index contributed by atoms with van der Waals surface area (Å²) in [5, 5.41) is 16.3. The number of azide groups is 1. The van der Waals surface area contributed by atoms with Gasteiger partial charge in [-0.05, 0) is 76.7 Å². The highest BCUT2D eigenvalue weighted by Crippen LogP contribution is 2.45. The van der Waals surface area contributed by atoms with Crippen LogP contribution >= 0.6 is 15.9 Å². The maximum atomic E-state index is 15.0. The first-order valence-corrected chi connectivity index (χ1v) is 20.5. The Bertz CT molecular complexity index is 2440. The van der Waals surface area contributed by atoms with Crippen LogP contribution in [0.5, 0.6) is 17.2 Å². The first-order valence-electron chi connectivity index (χ1n) is 19.7. The van der Waals surface area contributed by atoms with Crippen LogP contribution in [0.1, 0.15) is 45.9 Å². The molecule has 0 radical (unpaired) electrons. The van der Waals surface area contributed by atoms with Crippen LogP contribution in [-0.4, -0.2) is 42.2 Å². The standard InChI is InChI=1S/C48H44BrN5O6/c49-41-18-9-8-17-40(41)45-48(31-38-16-7-10-19-42(38)53-54-50,52-46(60-45)37-21-23-39(24-22-37)57-29-11-28-55)47(56)51-27-26-34-20-25-43(58-32-35-12-3-1-4-13-35)44(30-34)59-33-36-14-5-2-6-15-36/h1-10,12-25,30,45,55H,11,26-29,31-33H2,(H,51,56)/t45-,48-/m1/s1. The molecule has 6 aromatic carbocycles. The van der Waals surface area contributed by atoms with E-state index in [2.05, 4.69) is 31.3 Å². The molecule has 1 amide bonds. The monoisotopic (exact) mass is 865 g/mol.